The average molecular weight is 263 g/mol. The summed E-state index contributed by atoms with van der Waals surface area (Å²) < 4.78 is 5.47. The van der Waals surface area contributed by atoms with E-state index in [1.54, 1.807) is 11.9 Å². The first kappa shape index (κ1) is 15.2. The van der Waals surface area contributed by atoms with Crippen LogP contribution in [0.3, 0.4) is 0 Å². The van der Waals surface area contributed by atoms with Crippen LogP contribution in [-0.4, -0.2) is 30.2 Å². The minimum Gasteiger partial charge on any atom is -0.494 e. The van der Waals surface area contributed by atoms with Crippen LogP contribution >= 0.6 is 0 Å². The summed E-state index contributed by atoms with van der Waals surface area (Å²) in [6.07, 6.45) is -0.0352. The molecule has 104 valence electrons. The topological polar surface area (TPSA) is 46.6 Å². The molecule has 0 N–H and O–H groups in total. The molecule has 0 spiro atoms. The second kappa shape index (κ2) is 6.92. The van der Waals surface area contributed by atoms with Crippen molar-refractivity contribution in [2.45, 2.75) is 33.7 Å². The van der Waals surface area contributed by atoms with Gasteiger partial charge in [0.05, 0.1) is 13.0 Å². The number of hydrogen-bond acceptors (Lipinski definition) is 3. The summed E-state index contributed by atoms with van der Waals surface area (Å²) in [5.41, 5.74) is 2.08. The zero-order chi connectivity index (χ0) is 14.4. The van der Waals surface area contributed by atoms with Crippen molar-refractivity contribution in [3.05, 3.63) is 29.3 Å². The van der Waals surface area contributed by atoms with Gasteiger partial charge in [0.2, 0.25) is 5.91 Å². The highest BCUT2D eigenvalue weighted by Crippen LogP contribution is 2.19. The van der Waals surface area contributed by atoms with Gasteiger partial charge >= 0.3 is 0 Å². The summed E-state index contributed by atoms with van der Waals surface area (Å²) in [7, 11) is 1.71. The molecule has 19 heavy (non-hydrogen) atoms. The van der Waals surface area contributed by atoms with E-state index in [4.69, 9.17) is 4.74 Å². The number of hydrogen-bond donors (Lipinski definition) is 0. The molecule has 1 rings (SSSR count). The van der Waals surface area contributed by atoms with Gasteiger partial charge in [-0.2, -0.15) is 0 Å². The fourth-order valence-corrected chi connectivity index (χ4v) is 1.84. The highest BCUT2D eigenvalue weighted by molar-refractivity contribution is 5.96. The molecule has 1 amide bonds. The van der Waals surface area contributed by atoms with Crippen LogP contribution in [0.25, 0.3) is 0 Å². The summed E-state index contributed by atoms with van der Waals surface area (Å²) in [6, 6.07) is 5.86. The van der Waals surface area contributed by atoms with Gasteiger partial charge in [-0.3, -0.25) is 9.59 Å². The number of rotatable bonds is 6. The molecule has 4 nitrogen and oxygen atoms in total. The highest BCUT2D eigenvalue weighted by Gasteiger charge is 2.12. The molecule has 4 heteroatoms. The number of ketones is 1. The van der Waals surface area contributed by atoms with Crippen molar-refractivity contribution < 1.29 is 14.3 Å². The minimum absolute atomic E-state index is 0.0352. The molecule has 0 fully saturated rings. The lowest BCUT2D eigenvalue weighted by atomic mass is 10.1. The molecule has 0 unspecified atom stereocenters. The van der Waals surface area contributed by atoms with E-state index in [0.29, 0.717) is 13.2 Å². The molecule has 0 heterocycles. The third-order valence-corrected chi connectivity index (χ3v) is 2.78. The van der Waals surface area contributed by atoms with Crippen LogP contribution in [0, 0.1) is 6.92 Å². The number of ether oxygens (including phenoxy) is 1. The Labute approximate surface area is 114 Å². The molecular formula is C15H21NO3. The van der Waals surface area contributed by atoms with E-state index in [-0.39, 0.29) is 18.1 Å². The van der Waals surface area contributed by atoms with Crippen LogP contribution in [-0.2, 0) is 16.1 Å². The Morgan fingerprint density at radius 3 is 2.53 bits per heavy atom. The number of carbonyl (C=O) groups excluding carboxylic acids is 2. The van der Waals surface area contributed by atoms with Gasteiger partial charge in [0.1, 0.15) is 11.5 Å². The molecule has 0 radical (unpaired) electrons. The van der Waals surface area contributed by atoms with Crippen molar-refractivity contribution in [1.29, 1.82) is 0 Å². The van der Waals surface area contributed by atoms with Crippen LogP contribution < -0.4 is 4.74 Å². The largest absolute Gasteiger partial charge is 0.494 e. The molecule has 1 aromatic rings. The van der Waals surface area contributed by atoms with Gasteiger partial charge < -0.3 is 9.64 Å². The van der Waals surface area contributed by atoms with E-state index >= 15 is 0 Å². The van der Waals surface area contributed by atoms with Crippen LogP contribution in [0.5, 0.6) is 5.75 Å². The van der Waals surface area contributed by atoms with Crippen molar-refractivity contribution in [2.24, 2.45) is 0 Å². The number of aryl methyl sites for hydroxylation is 1. The maximum absolute atomic E-state index is 11.7. The van der Waals surface area contributed by atoms with E-state index in [0.717, 1.165) is 16.9 Å². The standard InChI is InChI=1S/C15H21NO3/c1-5-19-14-7-6-13(8-11(14)2)10-16(4)15(18)9-12(3)17/h6-8H,5,9-10H2,1-4H3. The van der Waals surface area contributed by atoms with E-state index in [9.17, 15) is 9.59 Å². The molecule has 0 aromatic heterocycles. The van der Waals surface area contributed by atoms with E-state index in [1.165, 1.54) is 6.92 Å². The van der Waals surface area contributed by atoms with Gasteiger partial charge in [-0.05, 0) is 38.0 Å². The van der Waals surface area contributed by atoms with Crippen molar-refractivity contribution in [1.82, 2.24) is 4.90 Å². The van der Waals surface area contributed by atoms with Crippen LogP contribution in [0.15, 0.2) is 18.2 Å². The van der Waals surface area contributed by atoms with E-state index < -0.39 is 0 Å². The fraction of sp³-hybridized carbons (Fsp3) is 0.467. The molecule has 0 saturated carbocycles. The van der Waals surface area contributed by atoms with Crippen LogP contribution in [0.4, 0.5) is 0 Å². The normalized spacial score (nSPS) is 10.1. The third-order valence-electron chi connectivity index (χ3n) is 2.78. The Morgan fingerprint density at radius 2 is 2.00 bits per heavy atom. The molecule has 0 aliphatic rings. The lowest BCUT2D eigenvalue weighted by molar-refractivity contribution is -0.134. The Kier molecular flexibility index (Phi) is 5.55. The first-order valence-electron chi connectivity index (χ1n) is 6.39. The van der Waals surface area contributed by atoms with Gasteiger partial charge in [-0.25, -0.2) is 0 Å². The molecule has 0 saturated heterocycles. The number of carbonyl (C=O) groups is 2. The van der Waals surface area contributed by atoms with Crippen LogP contribution in [0.2, 0.25) is 0 Å². The molecule has 0 atom stereocenters. The Balaban J connectivity index is 2.69. The molecule has 0 aliphatic heterocycles. The van der Waals surface area contributed by atoms with Gasteiger partial charge in [-0.15, -0.1) is 0 Å². The van der Waals surface area contributed by atoms with Gasteiger partial charge in [0.15, 0.2) is 0 Å². The molecule has 0 aliphatic carbocycles. The summed E-state index contributed by atoms with van der Waals surface area (Å²) in [4.78, 5) is 24.2. The quantitative estimate of drug-likeness (QED) is 0.740. The van der Waals surface area contributed by atoms with Gasteiger partial charge in [-0.1, -0.05) is 12.1 Å². The molecular weight excluding hydrogens is 242 g/mol. The lowest BCUT2D eigenvalue weighted by Crippen LogP contribution is -2.27. The first-order chi connectivity index (χ1) is 8.93. The van der Waals surface area contributed by atoms with Crippen molar-refractivity contribution in [3.63, 3.8) is 0 Å². The predicted molar refractivity (Wildman–Crippen MR) is 74.1 cm³/mol. The zero-order valence-corrected chi connectivity index (χ0v) is 12.0. The molecule has 1 aromatic carbocycles. The Morgan fingerprint density at radius 1 is 1.32 bits per heavy atom. The second-order valence-electron chi connectivity index (χ2n) is 4.66. The monoisotopic (exact) mass is 263 g/mol. The predicted octanol–water partition coefficient (Wildman–Crippen LogP) is 2.33. The molecule has 0 bridgehead atoms. The summed E-state index contributed by atoms with van der Waals surface area (Å²) in [5.74, 6) is 0.600. The fourth-order valence-electron chi connectivity index (χ4n) is 1.84. The zero-order valence-electron chi connectivity index (χ0n) is 12.0. The SMILES string of the molecule is CCOc1ccc(CN(C)C(=O)CC(C)=O)cc1C. The summed E-state index contributed by atoms with van der Waals surface area (Å²) >= 11 is 0. The van der Waals surface area contributed by atoms with E-state index in [2.05, 4.69) is 0 Å². The Hall–Kier alpha value is -1.84. The third kappa shape index (κ3) is 4.73. The number of benzene rings is 1. The number of nitrogens with zero attached hydrogens (tertiary/aromatic N) is 1. The van der Waals surface area contributed by atoms with Gasteiger partial charge in [0, 0.05) is 13.6 Å². The van der Waals surface area contributed by atoms with Crippen molar-refractivity contribution in [2.75, 3.05) is 13.7 Å². The van der Waals surface area contributed by atoms with Crippen LogP contribution in [0.1, 0.15) is 31.4 Å². The Bertz CT molecular complexity index is 468. The smallest absolute Gasteiger partial charge is 0.230 e. The van der Waals surface area contributed by atoms with E-state index in [1.807, 2.05) is 32.0 Å². The number of Topliss-reactive ketones (excluding diaryl/α,β-unsaturated/α-hetero) is 1. The maximum Gasteiger partial charge on any atom is 0.230 e. The first-order valence-corrected chi connectivity index (χ1v) is 6.39. The minimum atomic E-state index is -0.154. The van der Waals surface area contributed by atoms with Gasteiger partial charge in [0.25, 0.3) is 0 Å². The average Bonchev–Trinajstić information content (AvgIpc) is 2.32. The van der Waals surface area contributed by atoms with Crippen molar-refractivity contribution in [3.8, 4) is 5.75 Å². The maximum atomic E-state index is 11.7. The summed E-state index contributed by atoms with van der Waals surface area (Å²) in [5, 5.41) is 0. The number of amides is 1. The second-order valence-corrected chi connectivity index (χ2v) is 4.66. The summed E-state index contributed by atoms with van der Waals surface area (Å²) in [6.45, 7) is 6.48. The highest BCUT2D eigenvalue weighted by atomic mass is 16.5. The lowest BCUT2D eigenvalue weighted by Gasteiger charge is -2.17. The van der Waals surface area contributed by atoms with Crippen molar-refractivity contribution >= 4 is 11.7 Å².